The van der Waals surface area contributed by atoms with Crippen molar-refractivity contribution in [1.29, 1.82) is 0 Å². The van der Waals surface area contributed by atoms with Crippen LogP contribution in [0.2, 0.25) is 0 Å². The molecular formula is C9H11BrN4O2. The molecule has 1 aromatic carbocycles. The SMILES string of the molecule is COc1ccc(C=N[N+]([O-])=C(N)N)cc1Br. The fourth-order valence-electron chi connectivity index (χ4n) is 0.949. The summed E-state index contributed by atoms with van der Waals surface area (Å²) in [6, 6.07) is 5.24. The third kappa shape index (κ3) is 3.13. The zero-order valence-corrected chi connectivity index (χ0v) is 10.1. The maximum atomic E-state index is 10.9. The standard InChI is InChI=1S/C9H11BrN4O2/c1-16-8-3-2-6(4-7(8)10)5-13-14(15)9(11)12/h2-5H,11-12H2,1H3. The van der Waals surface area contributed by atoms with Gasteiger partial charge in [0.05, 0.1) is 17.8 Å². The number of rotatable bonds is 3. The van der Waals surface area contributed by atoms with E-state index in [0.29, 0.717) is 5.75 Å². The van der Waals surface area contributed by atoms with E-state index in [4.69, 9.17) is 16.2 Å². The lowest BCUT2D eigenvalue weighted by Gasteiger charge is -2.04. The minimum atomic E-state index is -0.413. The molecule has 0 aliphatic heterocycles. The summed E-state index contributed by atoms with van der Waals surface area (Å²) in [6.07, 6.45) is 1.34. The molecule has 1 rings (SSSR count). The quantitative estimate of drug-likeness (QED) is 0.279. The number of hydrogen-bond donors (Lipinski definition) is 2. The molecule has 7 heteroatoms. The number of hydrogen-bond acceptors (Lipinski definition) is 3. The molecule has 1 aromatic rings. The highest BCUT2D eigenvalue weighted by Gasteiger charge is 1.99. The third-order valence-electron chi connectivity index (χ3n) is 1.71. The Balaban J connectivity index is 2.92. The van der Waals surface area contributed by atoms with Gasteiger partial charge < -0.3 is 9.94 Å². The van der Waals surface area contributed by atoms with Gasteiger partial charge in [0.2, 0.25) is 0 Å². The lowest BCUT2D eigenvalue weighted by atomic mass is 10.2. The van der Waals surface area contributed by atoms with Crippen LogP contribution in [0, 0.1) is 5.21 Å². The molecule has 0 heterocycles. The molecule has 0 spiro atoms. The number of methoxy groups -OCH3 is 1. The Morgan fingerprint density at radius 3 is 2.75 bits per heavy atom. The molecule has 0 aromatic heterocycles. The number of halogens is 1. The fraction of sp³-hybridized carbons (Fsp3) is 0.111. The van der Waals surface area contributed by atoms with Crippen molar-refractivity contribution in [3.63, 3.8) is 0 Å². The van der Waals surface area contributed by atoms with Gasteiger partial charge in [0.1, 0.15) is 5.75 Å². The smallest absolute Gasteiger partial charge is 0.366 e. The van der Waals surface area contributed by atoms with Crippen LogP contribution in [0.25, 0.3) is 0 Å². The zero-order chi connectivity index (χ0) is 12.1. The maximum Gasteiger partial charge on any atom is 0.366 e. The molecule has 0 unspecified atom stereocenters. The highest BCUT2D eigenvalue weighted by molar-refractivity contribution is 9.10. The summed E-state index contributed by atoms with van der Waals surface area (Å²) in [5.41, 5.74) is 10.8. The van der Waals surface area contributed by atoms with Crippen LogP contribution >= 0.6 is 15.9 Å². The Hall–Kier alpha value is -1.76. The van der Waals surface area contributed by atoms with E-state index in [-0.39, 0.29) is 4.85 Å². The van der Waals surface area contributed by atoms with Crippen LogP contribution in [-0.2, 0) is 0 Å². The molecule has 6 nitrogen and oxygen atoms in total. The molecule has 4 N–H and O–H groups in total. The summed E-state index contributed by atoms with van der Waals surface area (Å²) in [7, 11) is 1.57. The molecule has 0 fully saturated rings. The Morgan fingerprint density at radius 2 is 2.25 bits per heavy atom. The monoisotopic (exact) mass is 286 g/mol. The van der Waals surface area contributed by atoms with Crippen LogP contribution in [0.3, 0.4) is 0 Å². The van der Waals surface area contributed by atoms with Gasteiger partial charge in [-0.25, -0.2) is 0 Å². The highest BCUT2D eigenvalue weighted by Crippen LogP contribution is 2.24. The van der Waals surface area contributed by atoms with Gasteiger partial charge in [0.25, 0.3) is 0 Å². The molecular weight excluding hydrogens is 276 g/mol. The highest BCUT2D eigenvalue weighted by atomic mass is 79.9. The number of nitrogens with two attached hydrogens (primary N) is 2. The molecule has 0 saturated heterocycles. The van der Waals surface area contributed by atoms with Crippen LogP contribution in [-0.4, -0.2) is 24.1 Å². The van der Waals surface area contributed by atoms with Gasteiger partial charge in [0, 0.05) is 0 Å². The van der Waals surface area contributed by atoms with Crippen LogP contribution in [0.15, 0.2) is 27.8 Å². The minimum Gasteiger partial charge on any atom is -0.722 e. The Morgan fingerprint density at radius 1 is 1.56 bits per heavy atom. The van der Waals surface area contributed by atoms with Crippen LogP contribution < -0.4 is 16.2 Å². The second kappa shape index (κ2) is 5.36. The molecule has 0 saturated carbocycles. The summed E-state index contributed by atoms with van der Waals surface area (Å²) in [6.45, 7) is 0. The van der Waals surface area contributed by atoms with E-state index < -0.39 is 5.96 Å². The van der Waals surface area contributed by atoms with Gasteiger partial charge in [-0.1, -0.05) is 0 Å². The van der Waals surface area contributed by atoms with Gasteiger partial charge in [-0.2, -0.15) is 0 Å². The molecule has 0 amide bonds. The van der Waals surface area contributed by atoms with Gasteiger partial charge in [0.15, 0.2) is 0 Å². The minimum absolute atomic E-state index is 0.137. The summed E-state index contributed by atoms with van der Waals surface area (Å²) in [5.74, 6) is 0.282. The summed E-state index contributed by atoms with van der Waals surface area (Å²) < 4.78 is 5.82. The molecule has 0 aliphatic rings. The van der Waals surface area contributed by atoms with Gasteiger partial charge >= 0.3 is 5.96 Å². The van der Waals surface area contributed by atoms with Crippen molar-refractivity contribution < 1.29 is 9.58 Å². The van der Waals surface area contributed by atoms with Crippen molar-refractivity contribution in [1.82, 2.24) is 0 Å². The van der Waals surface area contributed by atoms with E-state index in [2.05, 4.69) is 21.0 Å². The lowest BCUT2D eigenvalue weighted by Crippen LogP contribution is -2.30. The van der Waals surface area contributed by atoms with E-state index in [9.17, 15) is 5.21 Å². The largest absolute Gasteiger partial charge is 0.722 e. The van der Waals surface area contributed by atoms with Crippen molar-refractivity contribution in [2.24, 2.45) is 16.6 Å². The van der Waals surface area contributed by atoms with Crippen molar-refractivity contribution in [3.8, 4) is 5.75 Å². The van der Waals surface area contributed by atoms with E-state index in [0.717, 1.165) is 10.0 Å². The van der Waals surface area contributed by atoms with Crippen LogP contribution in [0.4, 0.5) is 0 Å². The first-order valence-electron chi connectivity index (χ1n) is 4.27. The number of nitrogens with zero attached hydrogens (tertiary/aromatic N) is 2. The topological polar surface area (TPSA) is 99.7 Å². The second-order valence-electron chi connectivity index (χ2n) is 2.84. The Labute approximate surface area is 101 Å². The van der Waals surface area contributed by atoms with Gasteiger partial charge in [-0.05, 0) is 39.7 Å². The predicted octanol–water partition coefficient (Wildman–Crippen LogP) is 0.575. The number of benzene rings is 1. The predicted molar refractivity (Wildman–Crippen MR) is 65.3 cm³/mol. The van der Waals surface area contributed by atoms with E-state index in [1.165, 1.54) is 6.21 Å². The first kappa shape index (κ1) is 12.3. The van der Waals surface area contributed by atoms with Crippen molar-refractivity contribution in [2.75, 3.05) is 7.11 Å². The van der Waals surface area contributed by atoms with Gasteiger partial charge in [-0.15, -0.1) is 9.95 Å². The molecule has 0 radical (unpaired) electrons. The molecule has 0 bridgehead atoms. The molecule has 16 heavy (non-hydrogen) atoms. The van der Waals surface area contributed by atoms with E-state index in [1.54, 1.807) is 25.3 Å². The Bertz CT molecular complexity index is 441. The van der Waals surface area contributed by atoms with Crippen molar-refractivity contribution in [2.45, 2.75) is 0 Å². The molecule has 86 valence electrons. The summed E-state index contributed by atoms with van der Waals surface area (Å²) in [4.78, 5) is 0.137. The molecule has 0 atom stereocenters. The van der Waals surface area contributed by atoms with E-state index in [1.807, 2.05) is 0 Å². The number of hydrazone groups is 1. The van der Waals surface area contributed by atoms with Crippen molar-refractivity contribution >= 4 is 28.1 Å². The van der Waals surface area contributed by atoms with Gasteiger partial charge in [-0.3, -0.25) is 11.5 Å². The lowest BCUT2D eigenvalue weighted by molar-refractivity contribution is -0.463. The van der Waals surface area contributed by atoms with Crippen LogP contribution in [0.1, 0.15) is 5.56 Å². The average Bonchev–Trinajstić information content (AvgIpc) is 2.25. The first-order valence-corrected chi connectivity index (χ1v) is 5.06. The maximum absolute atomic E-state index is 10.9. The fourth-order valence-corrected chi connectivity index (χ4v) is 1.51. The molecule has 0 aliphatic carbocycles. The second-order valence-corrected chi connectivity index (χ2v) is 3.69. The number of ether oxygens (including phenoxy) is 1. The summed E-state index contributed by atoms with van der Waals surface area (Å²) in [5, 5.41) is 14.4. The van der Waals surface area contributed by atoms with Crippen LogP contribution in [0.5, 0.6) is 5.75 Å². The number of guanidine groups is 1. The van der Waals surface area contributed by atoms with E-state index >= 15 is 0 Å². The summed E-state index contributed by atoms with van der Waals surface area (Å²) >= 11 is 3.31. The first-order chi connectivity index (χ1) is 7.54. The normalized spacial score (nSPS) is 10.4. The third-order valence-corrected chi connectivity index (χ3v) is 2.33. The average molecular weight is 287 g/mol. The Kier molecular flexibility index (Phi) is 4.12. The zero-order valence-electron chi connectivity index (χ0n) is 8.55. The van der Waals surface area contributed by atoms with Crippen molar-refractivity contribution in [3.05, 3.63) is 33.4 Å².